The minimum absolute atomic E-state index is 0.253. The van der Waals surface area contributed by atoms with Gasteiger partial charge in [-0.3, -0.25) is 4.98 Å². The predicted molar refractivity (Wildman–Crippen MR) is 74.1 cm³/mol. The summed E-state index contributed by atoms with van der Waals surface area (Å²) in [4.78, 5) is 4.33. The van der Waals surface area contributed by atoms with E-state index >= 15 is 0 Å². The van der Waals surface area contributed by atoms with E-state index in [1.165, 1.54) is 0 Å². The average Bonchev–Trinajstić information content (AvgIpc) is 2.24. The van der Waals surface area contributed by atoms with E-state index < -0.39 is 0 Å². The Labute approximate surface area is 102 Å². The Balaban J connectivity index is 2.34. The van der Waals surface area contributed by atoms with Crippen molar-refractivity contribution < 1.29 is 0 Å². The van der Waals surface area contributed by atoms with Crippen molar-refractivity contribution in [3.63, 3.8) is 0 Å². The monoisotopic (exact) mass is 229 g/mol. The molecule has 3 nitrogen and oxygen atoms in total. The number of rotatable bonds is 2. The van der Waals surface area contributed by atoms with E-state index in [1.54, 1.807) is 0 Å². The Morgan fingerprint density at radius 1 is 1.24 bits per heavy atom. The van der Waals surface area contributed by atoms with Crippen LogP contribution in [0.1, 0.15) is 20.8 Å². The van der Waals surface area contributed by atoms with E-state index in [1.807, 2.05) is 30.5 Å². The van der Waals surface area contributed by atoms with E-state index in [2.05, 4.69) is 31.1 Å². The Kier molecular flexibility index (Phi) is 2.92. The Bertz CT molecular complexity index is 526. The fourth-order valence-electron chi connectivity index (χ4n) is 1.68. The van der Waals surface area contributed by atoms with Gasteiger partial charge >= 0.3 is 0 Å². The van der Waals surface area contributed by atoms with Gasteiger partial charge in [0, 0.05) is 29.5 Å². The van der Waals surface area contributed by atoms with Crippen LogP contribution in [0.25, 0.3) is 10.9 Å². The van der Waals surface area contributed by atoms with Crippen LogP contribution < -0.4 is 11.1 Å². The lowest BCUT2D eigenvalue weighted by Gasteiger charge is -2.20. The van der Waals surface area contributed by atoms with Crippen LogP contribution in [-0.4, -0.2) is 11.5 Å². The number of nitrogen functional groups attached to an aromatic ring is 1. The van der Waals surface area contributed by atoms with Gasteiger partial charge in [-0.25, -0.2) is 0 Å². The molecule has 3 N–H and O–H groups in total. The molecule has 0 radical (unpaired) electrons. The van der Waals surface area contributed by atoms with E-state index in [9.17, 15) is 0 Å². The van der Waals surface area contributed by atoms with Crippen LogP contribution in [0.2, 0.25) is 0 Å². The van der Waals surface area contributed by atoms with E-state index in [0.29, 0.717) is 0 Å². The zero-order valence-electron chi connectivity index (χ0n) is 10.6. The van der Waals surface area contributed by atoms with Crippen LogP contribution in [0, 0.1) is 5.41 Å². The molecule has 90 valence electrons. The van der Waals surface area contributed by atoms with Gasteiger partial charge < -0.3 is 11.1 Å². The van der Waals surface area contributed by atoms with E-state index in [0.717, 1.165) is 28.8 Å². The number of nitrogens with two attached hydrogens (primary N) is 1. The average molecular weight is 229 g/mol. The molecule has 1 heterocycles. The molecule has 1 aromatic heterocycles. The highest BCUT2D eigenvalue weighted by Crippen LogP contribution is 2.24. The third-order valence-corrected chi connectivity index (χ3v) is 2.58. The molecule has 2 rings (SSSR count). The summed E-state index contributed by atoms with van der Waals surface area (Å²) in [5, 5.41) is 4.58. The number of aromatic nitrogens is 1. The van der Waals surface area contributed by atoms with Gasteiger partial charge in [0.25, 0.3) is 0 Å². The van der Waals surface area contributed by atoms with Crippen molar-refractivity contribution in [2.24, 2.45) is 5.41 Å². The van der Waals surface area contributed by atoms with Crippen LogP contribution in [0.15, 0.2) is 30.5 Å². The van der Waals surface area contributed by atoms with Crippen LogP contribution in [-0.2, 0) is 0 Å². The molecule has 0 aliphatic heterocycles. The molecule has 0 saturated heterocycles. The molecular weight excluding hydrogens is 210 g/mol. The molecule has 0 amide bonds. The summed E-state index contributed by atoms with van der Waals surface area (Å²) in [6.45, 7) is 7.56. The molecule has 0 atom stereocenters. The first-order chi connectivity index (χ1) is 7.96. The molecule has 0 saturated carbocycles. The van der Waals surface area contributed by atoms with Gasteiger partial charge in [-0.2, -0.15) is 0 Å². The van der Waals surface area contributed by atoms with Gasteiger partial charge in [0.15, 0.2) is 0 Å². The topological polar surface area (TPSA) is 50.9 Å². The normalized spacial score (nSPS) is 11.7. The Morgan fingerprint density at radius 3 is 2.71 bits per heavy atom. The van der Waals surface area contributed by atoms with Crippen molar-refractivity contribution >= 4 is 22.3 Å². The van der Waals surface area contributed by atoms with Crippen LogP contribution in [0.5, 0.6) is 0 Å². The van der Waals surface area contributed by atoms with Crippen molar-refractivity contribution in [2.45, 2.75) is 20.8 Å². The summed E-state index contributed by atoms with van der Waals surface area (Å²) in [6, 6.07) is 7.83. The van der Waals surface area contributed by atoms with Gasteiger partial charge in [-0.1, -0.05) is 20.8 Å². The summed E-state index contributed by atoms with van der Waals surface area (Å²) in [7, 11) is 0. The first-order valence-corrected chi connectivity index (χ1v) is 5.84. The SMILES string of the molecule is CC(C)(C)CNc1ccnc2cc(N)ccc12. The molecule has 0 aliphatic rings. The number of nitrogens with one attached hydrogen (secondary N) is 1. The van der Waals surface area contributed by atoms with Crippen molar-refractivity contribution in [3.8, 4) is 0 Å². The zero-order valence-corrected chi connectivity index (χ0v) is 10.6. The predicted octanol–water partition coefficient (Wildman–Crippen LogP) is 3.28. The third-order valence-electron chi connectivity index (χ3n) is 2.58. The fourth-order valence-corrected chi connectivity index (χ4v) is 1.68. The number of hydrogen-bond donors (Lipinski definition) is 2. The minimum atomic E-state index is 0.253. The molecule has 0 unspecified atom stereocenters. The first kappa shape index (κ1) is 11.7. The minimum Gasteiger partial charge on any atom is -0.399 e. The van der Waals surface area contributed by atoms with Crippen molar-refractivity contribution in [3.05, 3.63) is 30.5 Å². The van der Waals surface area contributed by atoms with Crippen LogP contribution in [0.3, 0.4) is 0 Å². The van der Waals surface area contributed by atoms with Crippen molar-refractivity contribution in [2.75, 3.05) is 17.6 Å². The molecule has 3 heteroatoms. The second kappa shape index (κ2) is 4.24. The van der Waals surface area contributed by atoms with E-state index in [-0.39, 0.29) is 5.41 Å². The number of hydrogen-bond acceptors (Lipinski definition) is 3. The quantitative estimate of drug-likeness (QED) is 0.777. The first-order valence-electron chi connectivity index (χ1n) is 5.84. The Morgan fingerprint density at radius 2 is 2.00 bits per heavy atom. The van der Waals surface area contributed by atoms with Gasteiger partial charge in [-0.05, 0) is 29.7 Å². The maximum Gasteiger partial charge on any atom is 0.0743 e. The number of nitrogens with zero attached hydrogens (tertiary/aromatic N) is 1. The second-order valence-corrected chi connectivity index (χ2v) is 5.55. The van der Waals surface area contributed by atoms with Gasteiger partial charge in [-0.15, -0.1) is 0 Å². The smallest absolute Gasteiger partial charge is 0.0743 e. The summed E-state index contributed by atoms with van der Waals surface area (Å²) in [6.07, 6.45) is 1.81. The van der Waals surface area contributed by atoms with Crippen LogP contribution >= 0.6 is 0 Å². The summed E-state index contributed by atoms with van der Waals surface area (Å²) < 4.78 is 0. The van der Waals surface area contributed by atoms with Crippen molar-refractivity contribution in [1.29, 1.82) is 0 Å². The highest BCUT2D eigenvalue weighted by atomic mass is 14.9. The van der Waals surface area contributed by atoms with Gasteiger partial charge in [0.1, 0.15) is 0 Å². The number of anilines is 2. The highest BCUT2D eigenvalue weighted by Gasteiger charge is 2.10. The highest BCUT2D eigenvalue weighted by molar-refractivity contribution is 5.92. The molecule has 2 aromatic rings. The molecule has 17 heavy (non-hydrogen) atoms. The number of fused-ring (bicyclic) bond motifs is 1. The lowest BCUT2D eigenvalue weighted by atomic mass is 9.97. The molecule has 0 aliphatic carbocycles. The molecule has 0 spiro atoms. The standard InChI is InChI=1S/C14H19N3/c1-14(2,3)9-17-12-6-7-16-13-8-10(15)4-5-11(12)13/h4-8H,9,15H2,1-3H3,(H,16,17). The lowest BCUT2D eigenvalue weighted by Crippen LogP contribution is -2.19. The second-order valence-electron chi connectivity index (χ2n) is 5.55. The maximum absolute atomic E-state index is 5.76. The third kappa shape index (κ3) is 2.87. The molecular formula is C14H19N3. The Hall–Kier alpha value is -1.77. The van der Waals surface area contributed by atoms with E-state index in [4.69, 9.17) is 5.73 Å². The lowest BCUT2D eigenvalue weighted by molar-refractivity contribution is 0.443. The maximum atomic E-state index is 5.76. The number of benzene rings is 1. The molecule has 0 fully saturated rings. The fraction of sp³-hybridized carbons (Fsp3) is 0.357. The largest absolute Gasteiger partial charge is 0.399 e. The summed E-state index contributed by atoms with van der Waals surface area (Å²) >= 11 is 0. The summed E-state index contributed by atoms with van der Waals surface area (Å²) in [5.41, 5.74) is 8.81. The zero-order chi connectivity index (χ0) is 12.5. The van der Waals surface area contributed by atoms with Gasteiger partial charge in [0.2, 0.25) is 0 Å². The molecule has 1 aromatic carbocycles. The number of pyridine rings is 1. The van der Waals surface area contributed by atoms with Gasteiger partial charge in [0.05, 0.1) is 5.52 Å². The van der Waals surface area contributed by atoms with Crippen molar-refractivity contribution in [1.82, 2.24) is 4.98 Å². The molecule has 0 bridgehead atoms. The van der Waals surface area contributed by atoms with Crippen LogP contribution in [0.4, 0.5) is 11.4 Å². The summed E-state index contributed by atoms with van der Waals surface area (Å²) in [5.74, 6) is 0.